The first-order valence-corrected chi connectivity index (χ1v) is 47.1. The summed E-state index contributed by atoms with van der Waals surface area (Å²) in [6.07, 6.45) is 54.8. The van der Waals surface area contributed by atoms with Crippen molar-refractivity contribution in [3.63, 3.8) is 0 Å². The van der Waals surface area contributed by atoms with Gasteiger partial charge in [-0.15, -0.1) is 0 Å². The second kappa shape index (κ2) is 76.5. The van der Waals surface area contributed by atoms with Crippen LogP contribution in [0.5, 0.6) is 0 Å². The van der Waals surface area contributed by atoms with Gasteiger partial charge in [-0.3, -0.25) is 0 Å². The molecule has 0 unspecified atom stereocenters. The van der Waals surface area contributed by atoms with Crippen LogP contribution in [0.2, 0.25) is 4.78 Å². The van der Waals surface area contributed by atoms with Crippen molar-refractivity contribution in [3.05, 3.63) is 0 Å². The van der Waals surface area contributed by atoms with E-state index in [1.54, 1.807) is 104 Å². The van der Waals surface area contributed by atoms with Crippen molar-refractivity contribution in [1.82, 2.24) is 0 Å². The number of carboxylic acids is 3. The molecule has 0 fully saturated rings. The average Bonchev–Trinajstić information content (AvgIpc) is 0.889. The Hall–Kier alpha value is -2.17. The number of carboxylic acid groups (broad SMARTS) is 3. The van der Waals surface area contributed by atoms with Crippen molar-refractivity contribution < 1.29 is 99.8 Å². The van der Waals surface area contributed by atoms with Crippen LogP contribution in [-0.2, 0) is 84.5 Å². The Balaban J connectivity index is -0.000000596. The summed E-state index contributed by atoms with van der Waals surface area (Å²) < 4.78 is 56.4. The number of hydrogen-bond acceptors (Lipinski definition) is 18. The van der Waals surface area contributed by atoms with Crippen LogP contribution < -0.4 is 15.3 Å². The Bertz CT molecular complexity index is 1920. The van der Waals surface area contributed by atoms with Crippen LogP contribution in [0, 0.1) is 0 Å². The van der Waals surface area contributed by atoms with E-state index in [-0.39, 0.29) is 75.1 Å². The van der Waals surface area contributed by atoms with Crippen molar-refractivity contribution >= 4 is 50.2 Å². The van der Waals surface area contributed by atoms with Gasteiger partial charge in [0.05, 0.1) is 36.6 Å². The summed E-state index contributed by atoms with van der Waals surface area (Å²) in [6, 6.07) is 0. The maximum absolute atomic E-state index is 13.9. The molecule has 0 aromatic heterocycles. The molecule has 0 heterocycles. The molecule has 0 saturated carbocycles. The zero-order chi connectivity index (χ0) is 82.2. The predicted molar refractivity (Wildman–Crippen MR) is 429 cm³/mol. The standard InChI is InChI=1S/2C18H36O2.C18H35O.3C10H20O4.C3H7.Al.O.Ti/c2*1-2-3-4-5-6-7-8-9-10-11-12-13-14-15-16-17-18(19)20;1-2-3-4-5-6-7-8-9-10-11-12-13-14-15-16-17-18-19;3*1-6-10(9(11)12,13-7(2)3)14-8(4)5;1-3-2;;;/h2*2-17H2,1H3,(H,19,20);2-17H2,1H3;3*7-8H,6H2,1-5H3,(H,11,12);3H,1-2H3;;;/q;;;;;;;+2;;+2/p-5. The van der Waals surface area contributed by atoms with E-state index in [0.717, 1.165) is 62.6 Å². The van der Waals surface area contributed by atoms with Crippen molar-refractivity contribution in [2.24, 2.45) is 0 Å². The monoisotopic (exact) mass is 1580 g/mol. The van der Waals surface area contributed by atoms with E-state index in [4.69, 9.17) is 35.1 Å². The third-order valence-corrected chi connectivity index (χ3v) is 20.7. The molecule has 0 rings (SSSR count). The summed E-state index contributed by atoms with van der Waals surface area (Å²) in [5.41, 5.74) is 0. The minimum absolute atomic E-state index is 0.0419. The van der Waals surface area contributed by atoms with Gasteiger partial charge in [-0.25, -0.2) is 0 Å². The molecule has 0 aliphatic rings. The molecule has 107 heavy (non-hydrogen) atoms. The number of unbranched alkanes of at least 4 members (excludes halogenated alkanes) is 42. The molecule has 0 aliphatic heterocycles. The van der Waals surface area contributed by atoms with Gasteiger partial charge in [0.1, 0.15) is 17.9 Å². The van der Waals surface area contributed by atoms with Crippen LogP contribution >= 0.6 is 0 Å². The van der Waals surface area contributed by atoms with Gasteiger partial charge < -0.3 is 58.1 Å². The molecular weight excluding hydrogens is 1410 g/mol. The number of aliphatic carboxylic acids is 3. The molecule has 0 atom stereocenters. The molecule has 0 aromatic carbocycles. The first-order valence-electron chi connectivity index (χ1n) is 43.8. The van der Waals surface area contributed by atoms with Gasteiger partial charge in [0.25, 0.3) is 0 Å². The third kappa shape index (κ3) is 72.5. The quantitative estimate of drug-likeness (QED) is 0.0311. The topological polar surface area (TPSA) is 263 Å². The van der Waals surface area contributed by atoms with Crippen molar-refractivity contribution in [2.75, 3.05) is 0 Å². The van der Waals surface area contributed by atoms with Crippen LogP contribution in [0.3, 0.4) is 0 Å². The maximum atomic E-state index is 13.9. The fourth-order valence-electron chi connectivity index (χ4n) is 12.2. The van der Waals surface area contributed by atoms with E-state index in [2.05, 4.69) is 50.9 Å². The summed E-state index contributed by atoms with van der Waals surface area (Å²) in [5, 5.41) is 32.9. The predicted octanol–water partition coefficient (Wildman–Crippen LogP) is 21.8. The van der Waals surface area contributed by atoms with E-state index in [1.165, 1.54) is 212 Å². The number of rotatable bonds is 69. The molecule has 0 saturated heterocycles. The van der Waals surface area contributed by atoms with Gasteiger partial charge in [-0.2, -0.15) is 0 Å². The fraction of sp³-hybridized carbons (Fsp3) is 0.931. The van der Waals surface area contributed by atoms with Crippen LogP contribution in [0.4, 0.5) is 0 Å². The van der Waals surface area contributed by atoms with E-state index >= 15 is 0 Å². The normalized spacial score (nSPS) is 11.9. The van der Waals surface area contributed by atoms with Crippen molar-refractivity contribution in [2.45, 2.75) is 525 Å². The number of ether oxygens (including phenoxy) is 6. The molecule has 0 amide bonds. The molecule has 0 spiro atoms. The molecular formula is C87H169AlO18Ti-. The van der Waals surface area contributed by atoms with Gasteiger partial charge in [-0.05, 0) is 83.1 Å². The molecule has 0 aromatic rings. The van der Waals surface area contributed by atoms with Crippen LogP contribution in [0.25, 0.3) is 0 Å². The minimum atomic E-state index is -5.53. The molecule has 0 N–H and O–H groups in total. The molecule has 0 radical (unpaired) electrons. The molecule has 0 bridgehead atoms. The van der Waals surface area contributed by atoms with Crippen LogP contribution in [0.15, 0.2) is 0 Å². The Labute approximate surface area is 670 Å². The van der Waals surface area contributed by atoms with Gasteiger partial charge in [0.15, 0.2) is 0 Å². The van der Waals surface area contributed by atoms with Crippen LogP contribution in [-0.4, -0.2) is 104 Å². The number of carbonyl (C=O) groups is 6. The van der Waals surface area contributed by atoms with Gasteiger partial charge in [0, 0.05) is 19.3 Å². The van der Waals surface area contributed by atoms with E-state index in [9.17, 15) is 47.4 Å². The SMILES string of the molecule is CCC(OC(C)C)(OC(C)C)C(=O)[O-].CCC(OC(C)C)(OC(C)C)C(=O)[O-].CCC(OC(C)C)(OC(C)C)C(=O)[O-].CCCCCCCCCCCCCCCCCC(=O)[O][Ti](=[O])([O]C(=O)CCCCCCCCCCCCCCCCC)[C](=O)CCCCCCCCCCCCCCCCC.C[CH](C)[Al+2]. The van der Waals surface area contributed by atoms with E-state index < -0.39 is 68.6 Å². The first kappa shape index (κ1) is 113. The number of carbonyl (C=O) groups excluding carboxylic acids is 6. The van der Waals surface area contributed by atoms with Crippen molar-refractivity contribution in [3.8, 4) is 0 Å². The van der Waals surface area contributed by atoms with Crippen LogP contribution in [0.1, 0.15) is 466 Å². The summed E-state index contributed by atoms with van der Waals surface area (Å²) in [6.45, 7) is 37.3. The Morgan fingerprint density at radius 2 is 0.411 bits per heavy atom. The summed E-state index contributed by atoms with van der Waals surface area (Å²) in [4.78, 5) is 72.0. The van der Waals surface area contributed by atoms with E-state index in [1.807, 2.05) is 0 Å². The second-order valence-corrected chi connectivity index (χ2v) is 36.0. The first-order chi connectivity index (χ1) is 50.6. The van der Waals surface area contributed by atoms with Gasteiger partial charge in [-0.1, -0.05) is 151 Å². The molecule has 0 aliphatic carbocycles. The van der Waals surface area contributed by atoms with Gasteiger partial charge in [0.2, 0.25) is 17.4 Å². The number of hydrogen-bond donors (Lipinski definition) is 0. The Kier molecular flexibility index (Phi) is 81.0. The Morgan fingerprint density at radius 1 is 0.271 bits per heavy atom. The molecule has 633 valence electrons. The van der Waals surface area contributed by atoms with Gasteiger partial charge >= 0.3 is 292 Å². The zero-order valence-corrected chi connectivity index (χ0v) is 75.7. The second-order valence-electron chi connectivity index (χ2n) is 31.5. The molecule has 20 heteroatoms. The fourth-order valence-corrected chi connectivity index (χ4v) is 14.6. The summed E-state index contributed by atoms with van der Waals surface area (Å²) >= 11 is -2.87. The summed E-state index contributed by atoms with van der Waals surface area (Å²) in [5.74, 6) is -10.1. The zero-order valence-electron chi connectivity index (χ0n) is 73.0. The van der Waals surface area contributed by atoms with E-state index in [0.29, 0.717) is 19.3 Å². The molecule has 18 nitrogen and oxygen atoms in total. The average molecular weight is 1580 g/mol. The summed E-state index contributed by atoms with van der Waals surface area (Å²) in [7, 11) is 0. The Morgan fingerprint density at radius 3 is 0.542 bits per heavy atom. The third-order valence-electron chi connectivity index (χ3n) is 17.7. The van der Waals surface area contributed by atoms with Crippen molar-refractivity contribution in [1.29, 1.82) is 0 Å².